The highest BCUT2D eigenvalue weighted by molar-refractivity contribution is 5.20. The van der Waals surface area contributed by atoms with Crippen LogP contribution in [-0.2, 0) is 6.42 Å². The monoisotopic (exact) mass is 122 g/mol. The molecule has 0 saturated heterocycles. The first-order valence-electron chi connectivity index (χ1n) is 3.38. The molecule has 0 aromatic heterocycles. The minimum Gasteiger partial charge on any atom is -0.0613 e. The van der Waals surface area contributed by atoms with E-state index in [2.05, 4.69) is 38.1 Å². The molecule has 0 radical (unpaired) electrons. The van der Waals surface area contributed by atoms with E-state index in [1.807, 2.05) is 0 Å². The Labute approximate surface area is 58.0 Å². The summed E-state index contributed by atoms with van der Waals surface area (Å²) in [6.07, 6.45) is 1.14. The molecule has 1 aromatic rings. The Morgan fingerprint density at radius 3 is 2.22 bits per heavy atom. The second-order valence-corrected chi connectivity index (χ2v) is 2.34. The topological polar surface area (TPSA) is 0 Å². The van der Waals surface area contributed by atoms with E-state index in [-0.39, 0.29) is 1.43 Å². The van der Waals surface area contributed by atoms with Gasteiger partial charge in [0.15, 0.2) is 0 Å². The molecule has 9 heavy (non-hydrogen) atoms. The summed E-state index contributed by atoms with van der Waals surface area (Å²) in [7, 11) is 0. The van der Waals surface area contributed by atoms with Gasteiger partial charge in [0.05, 0.1) is 0 Å². The van der Waals surface area contributed by atoms with Crippen molar-refractivity contribution >= 4 is 0 Å². The standard InChI is InChI=1S/C9H12.H2/c1-3-9-6-4-8(2)5-7-9;/h4-7H,3H2,1-2H3;1H. The van der Waals surface area contributed by atoms with E-state index in [9.17, 15) is 0 Å². The molecule has 0 unspecified atom stereocenters. The lowest BCUT2D eigenvalue weighted by Gasteiger charge is -1.94. The Morgan fingerprint density at radius 1 is 1.22 bits per heavy atom. The van der Waals surface area contributed by atoms with Crippen LogP contribution in [0.4, 0.5) is 0 Å². The Kier molecular flexibility index (Phi) is 1.88. The van der Waals surface area contributed by atoms with Gasteiger partial charge in [0.1, 0.15) is 0 Å². The molecule has 0 aliphatic carbocycles. The van der Waals surface area contributed by atoms with Gasteiger partial charge in [-0.25, -0.2) is 0 Å². The molecule has 0 atom stereocenters. The van der Waals surface area contributed by atoms with Crippen LogP contribution in [-0.4, -0.2) is 0 Å². The summed E-state index contributed by atoms with van der Waals surface area (Å²) in [6, 6.07) is 8.66. The first-order valence-corrected chi connectivity index (χ1v) is 3.38. The lowest BCUT2D eigenvalue weighted by molar-refractivity contribution is 1.14. The largest absolute Gasteiger partial charge is 0.0613 e. The molecule has 0 saturated carbocycles. The molecular formula is C9H14. The van der Waals surface area contributed by atoms with Crippen molar-refractivity contribution in [2.24, 2.45) is 0 Å². The van der Waals surface area contributed by atoms with E-state index in [4.69, 9.17) is 0 Å². The third-order valence-electron chi connectivity index (χ3n) is 1.53. The Balaban J connectivity index is 0.000000810. The zero-order chi connectivity index (χ0) is 6.69. The van der Waals surface area contributed by atoms with Gasteiger partial charge in [-0.1, -0.05) is 36.8 Å². The normalized spacial score (nSPS) is 9.56. The Bertz CT molecular complexity index is 176. The Morgan fingerprint density at radius 2 is 1.78 bits per heavy atom. The predicted octanol–water partition coefficient (Wildman–Crippen LogP) is 2.80. The molecular weight excluding hydrogens is 108 g/mol. The van der Waals surface area contributed by atoms with E-state index < -0.39 is 0 Å². The first kappa shape index (κ1) is 6.34. The number of aryl methyl sites for hydroxylation is 2. The van der Waals surface area contributed by atoms with Crippen molar-refractivity contribution in [2.75, 3.05) is 0 Å². The van der Waals surface area contributed by atoms with E-state index in [1.54, 1.807) is 0 Å². The second kappa shape index (κ2) is 2.67. The highest BCUT2D eigenvalue weighted by atomic mass is 13.9. The fraction of sp³-hybridized carbons (Fsp3) is 0.333. The fourth-order valence-electron chi connectivity index (χ4n) is 0.824. The van der Waals surface area contributed by atoms with Gasteiger partial charge in [-0.2, -0.15) is 0 Å². The van der Waals surface area contributed by atoms with E-state index in [1.165, 1.54) is 11.1 Å². The molecule has 0 bridgehead atoms. The van der Waals surface area contributed by atoms with E-state index >= 15 is 0 Å². The maximum absolute atomic E-state index is 2.18. The molecule has 0 spiro atoms. The second-order valence-electron chi connectivity index (χ2n) is 2.34. The molecule has 0 aliphatic heterocycles. The fourth-order valence-corrected chi connectivity index (χ4v) is 0.824. The van der Waals surface area contributed by atoms with Crippen molar-refractivity contribution in [1.29, 1.82) is 0 Å². The summed E-state index contributed by atoms with van der Waals surface area (Å²) < 4.78 is 0. The summed E-state index contributed by atoms with van der Waals surface area (Å²) in [6.45, 7) is 4.28. The summed E-state index contributed by atoms with van der Waals surface area (Å²) >= 11 is 0. The number of hydrogen-bond donors (Lipinski definition) is 0. The van der Waals surface area contributed by atoms with Crippen molar-refractivity contribution in [1.82, 2.24) is 0 Å². The van der Waals surface area contributed by atoms with Gasteiger partial charge >= 0.3 is 0 Å². The predicted molar refractivity (Wildman–Crippen MR) is 42.7 cm³/mol. The van der Waals surface area contributed by atoms with Gasteiger partial charge in [-0.3, -0.25) is 0 Å². The third-order valence-corrected chi connectivity index (χ3v) is 1.53. The van der Waals surface area contributed by atoms with Crippen LogP contribution in [0.1, 0.15) is 19.5 Å². The molecule has 1 rings (SSSR count). The average molecular weight is 122 g/mol. The van der Waals surface area contributed by atoms with Crippen LogP contribution in [0.2, 0.25) is 0 Å². The summed E-state index contributed by atoms with van der Waals surface area (Å²) in [5, 5.41) is 0. The first-order chi connectivity index (χ1) is 4.33. The van der Waals surface area contributed by atoms with Gasteiger partial charge < -0.3 is 0 Å². The van der Waals surface area contributed by atoms with Gasteiger partial charge in [0.2, 0.25) is 0 Å². The number of rotatable bonds is 1. The van der Waals surface area contributed by atoms with Crippen molar-refractivity contribution in [2.45, 2.75) is 20.3 Å². The lowest BCUT2D eigenvalue weighted by atomic mass is 10.1. The van der Waals surface area contributed by atoms with Crippen LogP contribution >= 0.6 is 0 Å². The SMILES string of the molecule is CCc1ccc(C)cc1.[HH]. The molecule has 0 aliphatic rings. The highest BCUT2D eigenvalue weighted by Crippen LogP contribution is 2.02. The molecule has 0 amide bonds. The maximum atomic E-state index is 2.18. The van der Waals surface area contributed by atoms with Crippen molar-refractivity contribution in [3.63, 3.8) is 0 Å². The van der Waals surface area contributed by atoms with Crippen molar-refractivity contribution < 1.29 is 1.43 Å². The lowest BCUT2D eigenvalue weighted by Crippen LogP contribution is -1.77. The number of benzene rings is 1. The third kappa shape index (κ3) is 1.56. The van der Waals surface area contributed by atoms with Crippen LogP contribution in [0.15, 0.2) is 24.3 Å². The summed E-state index contributed by atoms with van der Waals surface area (Å²) in [4.78, 5) is 0. The zero-order valence-electron chi connectivity index (χ0n) is 6.02. The van der Waals surface area contributed by atoms with Gasteiger partial charge in [0.25, 0.3) is 0 Å². The van der Waals surface area contributed by atoms with E-state index in [0.29, 0.717) is 0 Å². The highest BCUT2D eigenvalue weighted by Gasteiger charge is 1.84. The smallest absolute Gasteiger partial charge is 0 e. The quantitative estimate of drug-likeness (QED) is 0.537. The minimum atomic E-state index is 0. The molecule has 1 aromatic carbocycles. The zero-order valence-corrected chi connectivity index (χ0v) is 6.02. The van der Waals surface area contributed by atoms with Crippen LogP contribution < -0.4 is 0 Å². The molecule has 0 heterocycles. The molecule has 0 nitrogen and oxygen atoms in total. The number of hydrogen-bond acceptors (Lipinski definition) is 0. The summed E-state index contributed by atoms with van der Waals surface area (Å²) in [5.41, 5.74) is 2.76. The molecule has 0 N–H and O–H groups in total. The molecule has 0 fully saturated rings. The van der Waals surface area contributed by atoms with E-state index in [0.717, 1.165) is 6.42 Å². The average Bonchev–Trinajstić information content (AvgIpc) is 1.90. The van der Waals surface area contributed by atoms with Crippen molar-refractivity contribution in [3.8, 4) is 0 Å². The van der Waals surface area contributed by atoms with Gasteiger partial charge in [0, 0.05) is 1.43 Å². The summed E-state index contributed by atoms with van der Waals surface area (Å²) in [5.74, 6) is 0. The van der Waals surface area contributed by atoms with Gasteiger partial charge in [-0.15, -0.1) is 0 Å². The minimum absolute atomic E-state index is 0. The van der Waals surface area contributed by atoms with Crippen LogP contribution in [0.3, 0.4) is 0 Å². The van der Waals surface area contributed by atoms with Crippen LogP contribution in [0.25, 0.3) is 0 Å². The van der Waals surface area contributed by atoms with Crippen molar-refractivity contribution in [3.05, 3.63) is 35.4 Å². The Hall–Kier alpha value is -0.780. The van der Waals surface area contributed by atoms with Crippen LogP contribution in [0, 0.1) is 6.92 Å². The molecule has 50 valence electrons. The maximum Gasteiger partial charge on any atom is 0 e. The van der Waals surface area contributed by atoms with Crippen LogP contribution in [0.5, 0.6) is 0 Å². The van der Waals surface area contributed by atoms with Gasteiger partial charge in [-0.05, 0) is 18.9 Å². The molecule has 0 heteroatoms.